The molecule has 262 valence electrons. The molecule has 1 saturated carbocycles. The summed E-state index contributed by atoms with van der Waals surface area (Å²) >= 11 is 0. The van der Waals surface area contributed by atoms with Gasteiger partial charge >= 0.3 is 0 Å². The van der Waals surface area contributed by atoms with Crippen LogP contribution in [0.4, 0.5) is 28.4 Å². The van der Waals surface area contributed by atoms with Crippen molar-refractivity contribution in [3.8, 4) is 11.1 Å². The summed E-state index contributed by atoms with van der Waals surface area (Å²) < 4.78 is 0. The van der Waals surface area contributed by atoms with E-state index < -0.39 is 0 Å². The molecule has 0 spiro atoms. The van der Waals surface area contributed by atoms with E-state index >= 15 is 0 Å². The third-order valence-corrected chi connectivity index (χ3v) is 12.2. The van der Waals surface area contributed by atoms with Crippen molar-refractivity contribution in [3.63, 3.8) is 0 Å². The lowest BCUT2D eigenvalue weighted by Crippen LogP contribution is -2.41. The van der Waals surface area contributed by atoms with Crippen molar-refractivity contribution >= 4 is 40.6 Å². The summed E-state index contributed by atoms with van der Waals surface area (Å²) in [7, 11) is 0. The van der Waals surface area contributed by atoms with Crippen LogP contribution in [0.25, 0.3) is 23.3 Å². The monoisotopic (exact) mass is 680 g/mol. The summed E-state index contributed by atoms with van der Waals surface area (Å²) in [6, 6.07) is 44.3. The summed E-state index contributed by atoms with van der Waals surface area (Å²) in [5, 5.41) is 0. The quantitative estimate of drug-likeness (QED) is 0.128. The lowest BCUT2D eigenvalue weighted by atomic mass is 9.82. The molecule has 52 heavy (non-hydrogen) atoms. The van der Waals surface area contributed by atoms with E-state index in [0.29, 0.717) is 0 Å². The molecule has 0 heterocycles. The third-order valence-electron chi connectivity index (χ3n) is 12.2. The van der Waals surface area contributed by atoms with Gasteiger partial charge in [0.1, 0.15) is 0 Å². The van der Waals surface area contributed by atoms with E-state index in [9.17, 15) is 0 Å². The molecule has 5 aromatic carbocycles. The van der Waals surface area contributed by atoms with Crippen molar-refractivity contribution in [1.29, 1.82) is 0 Å². The minimum Gasteiger partial charge on any atom is -0.329 e. The first-order chi connectivity index (χ1) is 24.8. The number of benzene rings is 5. The zero-order valence-corrected chi connectivity index (χ0v) is 31.9. The smallest absolute Gasteiger partial charge is 0.0792 e. The highest BCUT2D eigenvalue weighted by Crippen LogP contribution is 2.71. The van der Waals surface area contributed by atoms with Gasteiger partial charge in [-0.3, -0.25) is 0 Å². The maximum absolute atomic E-state index is 4.05. The number of anilines is 5. The van der Waals surface area contributed by atoms with Crippen LogP contribution in [0.3, 0.4) is 0 Å². The molecule has 2 unspecified atom stereocenters. The fraction of sp³-hybridized carbons (Fsp3) is 0.240. The average Bonchev–Trinajstić information content (AvgIpc) is 3.61. The second kappa shape index (κ2) is 13.0. The number of allylic oxidation sites excluding steroid dienone is 2. The van der Waals surface area contributed by atoms with Crippen LogP contribution in [-0.2, 0) is 5.41 Å². The van der Waals surface area contributed by atoms with E-state index in [0.717, 1.165) is 46.0 Å². The summed E-state index contributed by atoms with van der Waals surface area (Å²) in [5.74, 6) is 0. The molecule has 0 aromatic heterocycles. The first kappa shape index (κ1) is 35.1. The van der Waals surface area contributed by atoms with Crippen LogP contribution < -0.4 is 9.80 Å². The highest BCUT2D eigenvalue weighted by Gasteiger charge is 2.63. The minimum atomic E-state index is -0.317. The molecule has 0 aliphatic heterocycles. The van der Waals surface area contributed by atoms with Gasteiger partial charge in [0.15, 0.2) is 0 Å². The SMILES string of the molecule is C=Cc1cccc(N(c2ccc(-c3ccc(N(c4cccc(C=C)c4)C4(C)C=CC5(C)C(=C4)C5(C)C)cc3)cc2)c2ccc(C(C)(C)CC)cc2)c1. The molecule has 5 aromatic rings. The summed E-state index contributed by atoms with van der Waals surface area (Å²) in [5.41, 5.74) is 13.2. The maximum Gasteiger partial charge on any atom is 0.0792 e. The van der Waals surface area contributed by atoms with Crippen molar-refractivity contribution in [1.82, 2.24) is 0 Å². The van der Waals surface area contributed by atoms with Crippen LogP contribution in [-0.4, -0.2) is 5.54 Å². The normalized spacial score (nSPS) is 20.0. The summed E-state index contributed by atoms with van der Waals surface area (Å²) in [4.78, 5) is 4.80. The molecule has 2 nitrogen and oxygen atoms in total. The molecule has 7 rings (SSSR count). The Hall–Kier alpha value is -5.34. The van der Waals surface area contributed by atoms with Gasteiger partial charge in [0, 0.05) is 33.9 Å². The van der Waals surface area contributed by atoms with Crippen LogP contribution in [0.2, 0.25) is 0 Å². The predicted molar refractivity (Wildman–Crippen MR) is 226 cm³/mol. The average molecular weight is 681 g/mol. The Morgan fingerprint density at radius 1 is 0.596 bits per heavy atom. The van der Waals surface area contributed by atoms with Crippen LogP contribution in [0, 0.1) is 10.8 Å². The Bertz CT molecular complexity index is 2180. The van der Waals surface area contributed by atoms with E-state index in [4.69, 9.17) is 0 Å². The molecule has 2 heteroatoms. The number of nitrogens with zero attached hydrogens (tertiary/aromatic N) is 2. The zero-order chi connectivity index (χ0) is 36.9. The Kier molecular flexibility index (Phi) is 8.78. The van der Waals surface area contributed by atoms with E-state index in [1.165, 1.54) is 22.3 Å². The van der Waals surface area contributed by atoms with Gasteiger partial charge in [-0.15, -0.1) is 0 Å². The molecule has 2 aliphatic rings. The van der Waals surface area contributed by atoms with E-state index in [1.807, 2.05) is 12.2 Å². The van der Waals surface area contributed by atoms with Gasteiger partial charge < -0.3 is 9.80 Å². The lowest BCUT2D eigenvalue weighted by Gasteiger charge is -2.41. The summed E-state index contributed by atoms with van der Waals surface area (Å²) in [6.45, 7) is 24.4. The molecule has 0 radical (unpaired) electrons. The molecular formula is C50H52N2. The second-order valence-electron chi connectivity index (χ2n) is 16.1. The van der Waals surface area contributed by atoms with Gasteiger partial charge in [0.2, 0.25) is 0 Å². The second-order valence-corrected chi connectivity index (χ2v) is 16.1. The van der Waals surface area contributed by atoms with E-state index in [2.05, 4.69) is 211 Å². The van der Waals surface area contributed by atoms with E-state index in [1.54, 1.807) is 0 Å². The largest absolute Gasteiger partial charge is 0.329 e. The highest BCUT2D eigenvalue weighted by atomic mass is 15.2. The third kappa shape index (κ3) is 6.05. The van der Waals surface area contributed by atoms with Crippen LogP contribution in [0.5, 0.6) is 0 Å². The minimum absolute atomic E-state index is 0.132. The Morgan fingerprint density at radius 2 is 1.10 bits per heavy atom. The molecule has 0 N–H and O–H groups in total. The number of hydrogen-bond acceptors (Lipinski definition) is 2. The highest BCUT2D eigenvalue weighted by molar-refractivity contribution is 5.80. The van der Waals surface area contributed by atoms with Crippen molar-refractivity contribution in [2.45, 2.75) is 65.8 Å². The first-order valence-electron chi connectivity index (χ1n) is 18.6. The first-order valence-corrected chi connectivity index (χ1v) is 18.6. The van der Waals surface area contributed by atoms with Crippen molar-refractivity contribution < 1.29 is 0 Å². The van der Waals surface area contributed by atoms with Crippen LogP contribution in [0.1, 0.15) is 71.6 Å². The fourth-order valence-corrected chi connectivity index (χ4v) is 7.96. The fourth-order valence-electron chi connectivity index (χ4n) is 7.96. The van der Waals surface area contributed by atoms with Gasteiger partial charge in [-0.2, -0.15) is 0 Å². The zero-order valence-electron chi connectivity index (χ0n) is 31.9. The topological polar surface area (TPSA) is 6.48 Å². The summed E-state index contributed by atoms with van der Waals surface area (Å²) in [6.07, 6.45) is 12.2. The van der Waals surface area contributed by atoms with Gasteiger partial charge in [0.25, 0.3) is 0 Å². The lowest BCUT2D eigenvalue weighted by molar-refractivity contribution is 0.500. The molecule has 0 bridgehead atoms. The Labute approximate surface area is 312 Å². The molecule has 1 fully saturated rings. The number of hydrogen-bond donors (Lipinski definition) is 0. The number of fused-ring (bicyclic) bond motifs is 1. The van der Waals surface area contributed by atoms with Gasteiger partial charge in [0.05, 0.1) is 5.54 Å². The van der Waals surface area contributed by atoms with Gasteiger partial charge in [-0.1, -0.05) is 151 Å². The van der Waals surface area contributed by atoms with Crippen molar-refractivity contribution in [2.75, 3.05) is 9.80 Å². The number of rotatable bonds is 11. The van der Waals surface area contributed by atoms with E-state index in [-0.39, 0.29) is 21.8 Å². The van der Waals surface area contributed by atoms with Crippen LogP contribution in [0.15, 0.2) is 158 Å². The molecule has 0 amide bonds. The molecule has 2 aliphatic carbocycles. The van der Waals surface area contributed by atoms with Crippen LogP contribution >= 0.6 is 0 Å². The van der Waals surface area contributed by atoms with Gasteiger partial charge in [-0.25, -0.2) is 0 Å². The standard InChI is InChI=1S/C50H52N2/c1-10-36-15-13-17-44(33-36)51(42-29-23-40(24-30-42)47(4,5)12-3)41-25-19-38(20-26-41)39-21-27-43(28-22-39)52(45-18-14-16-37(11-2)34-45)49(8)31-32-50(9)46(35-49)48(50,6)7/h10-11,13-35H,1-2,12H2,3-9H3. The predicted octanol–water partition coefficient (Wildman–Crippen LogP) is 14.2. The van der Waals surface area contributed by atoms with Crippen molar-refractivity contribution in [3.05, 3.63) is 175 Å². The Balaban J connectivity index is 1.23. The maximum atomic E-state index is 4.05. The molecule has 0 saturated heterocycles. The van der Waals surface area contributed by atoms with Crippen molar-refractivity contribution in [2.24, 2.45) is 10.8 Å². The Morgan fingerprint density at radius 3 is 1.62 bits per heavy atom. The molecule has 2 atom stereocenters. The van der Waals surface area contributed by atoms with Gasteiger partial charge in [-0.05, 0) is 113 Å². The molecular weight excluding hydrogens is 629 g/mol.